The van der Waals surface area contributed by atoms with E-state index in [4.69, 9.17) is 11.6 Å². The van der Waals surface area contributed by atoms with Crippen molar-refractivity contribution in [1.29, 1.82) is 0 Å². The van der Waals surface area contributed by atoms with Gasteiger partial charge in [-0.1, -0.05) is 30.3 Å². The van der Waals surface area contributed by atoms with Crippen LogP contribution in [0.5, 0.6) is 0 Å². The second-order valence-electron chi connectivity index (χ2n) is 6.65. The topological polar surface area (TPSA) is 87.2 Å². The standard InChI is InChI=1S/C19H16ClF3N8S/c1-2-9-30-17(12-5-7-24-8-6-12)26-27-18(30)32-11-16-25-28-29-31(16)15-4-3-13(20)10-14(15)19(21,22)23/h3-8,10H,2,9,11H2,1H3. The van der Waals surface area contributed by atoms with Crippen LogP contribution in [0.1, 0.15) is 24.7 Å². The van der Waals surface area contributed by atoms with Gasteiger partial charge in [-0.25, -0.2) is 0 Å². The molecular formula is C19H16ClF3N8S. The fourth-order valence-electron chi connectivity index (χ4n) is 3.07. The number of benzene rings is 1. The summed E-state index contributed by atoms with van der Waals surface area (Å²) in [7, 11) is 0. The second-order valence-corrected chi connectivity index (χ2v) is 8.03. The molecule has 4 aromatic rings. The van der Waals surface area contributed by atoms with E-state index >= 15 is 0 Å². The van der Waals surface area contributed by atoms with Gasteiger partial charge in [0.05, 0.1) is 17.0 Å². The minimum Gasteiger partial charge on any atom is -0.302 e. The van der Waals surface area contributed by atoms with Gasteiger partial charge in [0.25, 0.3) is 0 Å². The maximum atomic E-state index is 13.5. The van der Waals surface area contributed by atoms with Crippen LogP contribution in [0.4, 0.5) is 13.2 Å². The zero-order chi connectivity index (χ0) is 22.7. The first kappa shape index (κ1) is 22.2. The van der Waals surface area contributed by atoms with E-state index < -0.39 is 11.7 Å². The highest BCUT2D eigenvalue weighted by atomic mass is 35.5. The lowest BCUT2D eigenvalue weighted by molar-refractivity contribution is -0.137. The molecule has 0 bridgehead atoms. The van der Waals surface area contributed by atoms with Gasteiger partial charge in [0.15, 0.2) is 16.8 Å². The van der Waals surface area contributed by atoms with Crippen LogP contribution < -0.4 is 0 Å². The molecule has 0 aliphatic carbocycles. The third kappa shape index (κ3) is 4.60. The van der Waals surface area contributed by atoms with Crippen LogP contribution in [0.3, 0.4) is 0 Å². The number of halogens is 4. The van der Waals surface area contributed by atoms with Gasteiger partial charge in [-0.15, -0.1) is 15.3 Å². The summed E-state index contributed by atoms with van der Waals surface area (Å²) in [6, 6.07) is 7.14. The number of rotatable bonds is 7. The third-order valence-electron chi connectivity index (χ3n) is 4.46. The highest BCUT2D eigenvalue weighted by molar-refractivity contribution is 7.98. The summed E-state index contributed by atoms with van der Waals surface area (Å²) in [4.78, 5) is 4.02. The number of thioether (sulfide) groups is 1. The van der Waals surface area contributed by atoms with Gasteiger partial charge in [-0.3, -0.25) is 4.98 Å². The largest absolute Gasteiger partial charge is 0.418 e. The fourth-order valence-corrected chi connectivity index (χ4v) is 4.11. The number of hydrogen-bond acceptors (Lipinski definition) is 7. The van der Waals surface area contributed by atoms with Gasteiger partial charge >= 0.3 is 6.18 Å². The van der Waals surface area contributed by atoms with Crippen molar-refractivity contribution in [1.82, 2.24) is 40.0 Å². The first-order valence-corrected chi connectivity index (χ1v) is 10.9. The van der Waals surface area contributed by atoms with Crippen LogP contribution in [0.15, 0.2) is 47.9 Å². The van der Waals surface area contributed by atoms with Crippen LogP contribution in [0.25, 0.3) is 17.1 Å². The smallest absolute Gasteiger partial charge is 0.302 e. The normalized spacial score (nSPS) is 11.8. The van der Waals surface area contributed by atoms with Crippen LogP contribution in [-0.4, -0.2) is 40.0 Å². The zero-order valence-electron chi connectivity index (χ0n) is 16.7. The number of alkyl halides is 3. The van der Waals surface area contributed by atoms with Crippen LogP contribution in [0, 0.1) is 0 Å². The summed E-state index contributed by atoms with van der Waals surface area (Å²) in [5.74, 6) is 1.11. The molecule has 0 fully saturated rings. The summed E-state index contributed by atoms with van der Waals surface area (Å²) >= 11 is 7.07. The van der Waals surface area contributed by atoms with Crippen molar-refractivity contribution in [3.8, 4) is 17.1 Å². The van der Waals surface area contributed by atoms with Gasteiger partial charge in [-0.2, -0.15) is 17.9 Å². The Morgan fingerprint density at radius 1 is 1.06 bits per heavy atom. The quantitative estimate of drug-likeness (QED) is 0.354. The molecule has 8 nitrogen and oxygen atoms in total. The Hall–Kier alpha value is -2.99. The number of hydrogen-bond donors (Lipinski definition) is 0. The molecule has 0 unspecified atom stereocenters. The molecule has 0 saturated carbocycles. The highest BCUT2D eigenvalue weighted by Gasteiger charge is 2.35. The Bertz CT molecular complexity index is 1210. The van der Waals surface area contributed by atoms with Crippen molar-refractivity contribution in [2.45, 2.75) is 37.0 Å². The predicted molar refractivity (Wildman–Crippen MR) is 112 cm³/mol. The summed E-state index contributed by atoms with van der Waals surface area (Å²) < 4.78 is 43.6. The fraction of sp³-hybridized carbons (Fsp3) is 0.263. The molecule has 1 aromatic carbocycles. The van der Waals surface area contributed by atoms with Crippen LogP contribution in [-0.2, 0) is 18.5 Å². The minimum atomic E-state index is -4.61. The Morgan fingerprint density at radius 2 is 1.84 bits per heavy atom. The first-order chi connectivity index (χ1) is 15.4. The maximum Gasteiger partial charge on any atom is 0.418 e. The monoisotopic (exact) mass is 480 g/mol. The third-order valence-corrected chi connectivity index (χ3v) is 5.66. The maximum absolute atomic E-state index is 13.5. The van der Waals surface area contributed by atoms with Gasteiger partial charge in [-0.05, 0) is 47.2 Å². The van der Waals surface area contributed by atoms with Crippen molar-refractivity contribution in [2.75, 3.05) is 0 Å². The van der Waals surface area contributed by atoms with E-state index in [1.54, 1.807) is 12.4 Å². The lowest BCUT2D eigenvalue weighted by atomic mass is 10.1. The van der Waals surface area contributed by atoms with Crippen molar-refractivity contribution in [3.63, 3.8) is 0 Å². The Labute approximate surface area is 189 Å². The van der Waals surface area contributed by atoms with E-state index in [1.807, 2.05) is 23.6 Å². The van der Waals surface area contributed by atoms with E-state index in [-0.39, 0.29) is 22.3 Å². The summed E-state index contributed by atoms with van der Waals surface area (Å²) in [5.41, 5.74) is -0.249. The minimum absolute atomic E-state index is 0.0265. The molecule has 0 N–H and O–H groups in total. The van der Waals surface area contributed by atoms with Crippen molar-refractivity contribution in [2.24, 2.45) is 0 Å². The number of pyridine rings is 1. The van der Waals surface area contributed by atoms with Gasteiger partial charge in [0.2, 0.25) is 0 Å². The summed E-state index contributed by atoms with van der Waals surface area (Å²) in [6.07, 6.45) is -0.421. The van der Waals surface area contributed by atoms with Crippen LogP contribution >= 0.6 is 23.4 Å². The molecule has 0 aliphatic heterocycles. The van der Waals surface area contributed by atoms with Crippen molar-refractivity contribution >= 4 is 23.4 Å². The van der Waals surface area contributed by atoms with Crippen LogP contribution in [0.2, 0.25) is 5.02 Å². The molecule has 32 heavy (non-hydrogen) atoms. The van der Waals surface area contributed by atoms with E-state index in [0.717, 1.165) is 22.7 Å². The predicted octanol–water partition coefficient (Wildman–Crippen LogP) is 4.69. The van der Waals surface area contributed by atoms with Gasteiger partial charge < -0.3 is 4.57 Å². The molecule has 0 radical (unpaired) electrons. The second kappa shape index (κ2) is 9.25. The lowest BCUT2D eigenvalue weighted by Gasteiger charge is -2.14. The molecule has 13 heteroatoms. The Morgan fingerprint density at radius 3 is 2.56 bits per heavy atom. The SMILES string of the molecule is CCCn1c(SCc2nnnn2-c2ccc(Cl)cc2C(F)(F)F)nnc1-c1ccncc1. The Balaban J connectivity index is 1.63. The molecule has 0 amide bonds. The van der Waals surface area contributed by atoms with E-state index in [2.05, 4.69) is 30.7 Å². The van der Waals surface area contributed by atoms with E-state index in [9.17, 15) is 13.2 Å². The van der Waals surface area contributed by atoms with Gasteiger partial charge in [0.1, 0.15) is 0 Å². The molecule has 3 heterocycles. The van der Waals surface area contributed by atoms with Gasteiger partial charge in [0, 0.05) is 29.5 Å². The zero-order valence-corrected chi connectivity index (χ0v) is 18.2. The average Bonchev–Trinajstić information content (AvgIpc) is 3.39. The lowest BCUT2D eigenvalue weighted by Crippen LogP contribution is -2.13. The molecule has 0 aliphatic rings. The molecular weight excluding hydrogens is 465 g/mol. The summed E-state index contributed by atoms with van der Waals surface area (Å²) in [6.45, 7) is 2.71. The molecule has 0 saturated heterocycles. The molecule has 166 valence electrons. The van der Waals surface area contributed by atoms with Crippen molar-refractivity contribution in [3.05, 3.63) is 59.1 Å². The molecule has 0 spiro atoms. The summed E-state index contributed by atoms with van der Waals surface area (Å²) in [5, 5.41) is 20.4. The molecule has 4 rings (SSSR count). The molecule has 0 atom stereocenters. The first-order valence-electron chi connectivity index (χ1n) is 9.49. The van der Waals surface area contributed by atoms with Crippen molar-refractivity contribution < 1.29 is 13.2 Å². The Kier molecular flexibility index (Phi) is 6.42. The average molecular weight is 481 g/mol. The van der Waals surface area contributed by atoms with E-state index in [1.165, 1.54) is 23.9 Å². The highest BCUT2D eigenvalue weighted by Crippen LogP contribution is 2.36. The number of aromatic nitrogens is 8. The number of tetrazole rings is 1. The van der Waals surface area contributed by atoms with E-state index in [0.29, 0.717) is 17.5 Å². The molecule has 3 aromatic heterocycles. The number of nitrogens with zero attached hydrogens (tertiary/aromatic N) is 8.